The Kier molecular flexibility index (Phi) is 9.54. The molecule has 2 N–H and O–H groups in total. The van der Waals surface area contributed by atoms with Crippen LogP contribution in [0.3, 0.4) is 0 Å². The Morgan fingerprint density at radius 1 is 1.20 bits per heavy atom. The molecule has 0 bridgehead atoms. The molecule has 1 aromatic carbocycles. The third-order valence-electron chi connectivity index (χ3n) is 5.01. The Morgan fingerprint density at radius 2 is 1.90 bits per heavy atom. The minimum Gasteiger partial charge on any atom is -0.357 e. The molecule has 0 amide bonds. The van der Waals surface area contributed by atoms with E-state index in [1.54, 1.807) is 0 Å². The van der Waals surface area contributed by atoms with Crippen molar-refractivity contribution in [1.82, 2.24) is 25.7 Å². The first-order chi connectivity index (χ1) is 13.9. The topological polar surface area (TPSA) is 78.6 Å². The highest BCUT2D eigenvalue weighted by Crippen LogP contribution is 2.19. The Labute approximate surface area is 197 Å². The summed E-state index contributed by atoms with van der Waals surface area (Å²) in [6, 6.07) is 11.1. The fraction of sp³-hybridized carbons (Fsp3) is 0.591. The summed E-state index contributed by atoms with van der Waals surface area (Å²) in [5.74, 6) is 2.08. The summed E-state index contributed by atoms with van der Waals surface area (Å²) in [5.41, 5.74) is 1.23. The van der Waals surface area contributed by atoms with Crippen LogP contribution in [-0.2, 0) is 18.5 Å². The van der Waals surface area contributed by atoms with Gasteiger partial charge in [-0.25, -0.2) is 4.99 Å². The number of piperidine rings is 1. The van der Waals surface area contributed by atoms with Crippen LogP contribution in [0.25, 0.3) is 0 Å². The van der Waals surface area contributed by atoms with Crippen molar-refractivity contribution in [3.63, 3.8) is 0 Å². The van der Waals surface area contributed by atoms with Crippen molar-refractivity contribution in [1.29, 1.82) is 0 Å². The number of nitrogens with one attached hydrogen (secondary N) is 2. The van der Waals surface area contributed by atoms with Gasteiger partial charge in [0, 0.05) is 37.6 Å². The molecule has 0 spiro atoms. The summed E-state index contributed by atoms with van der Waals surface area (Å²) >= 11 is 0. The summed E-state index contributed by atoms with van der Waals surface area (Å²) in [6.45, 7) is 12.7. The van der Waals surface area contributed by atoms with Crippen molar-refractivity contribution < 1.29 is 4.52 Å². The zero-order valence-corrected chi connectivity index (χ0v) is 20.8. The average molecular weight is 526 g/mol. The second kappa shape index (κ2) is 11.6. The molecule has 30 heavy (non-hydrogen) atoms. The third-order valence-corrected chi connectivity index (χ3v) is 5.01. The minimum atomic E-state index is -0.147. The largest absolute Gasteiger partial charge is 0.357 e. The molecule has 8 heteroatoms. The minimum absolute atomic E-state index is 0. The van der Waals surface area contributed by atoms with Gasteiger partial charge >= 0.3 is 0 Å². The van der Waals surface area contributed by atoms with Gasteiger partial charge in [0.2, 0.25) is 5.89 Å². The summed E-state index contributed by atoms with van der Waals surface area (Å²) in [7, 11) is 0. The number of aromatic nitrogens is 2. The van der Waals surface area contributed by atoms with Crippen molar-refractivity contribution in [3.05, 3.63) is 47.6 Å². The van der Waals surface area contributed by atoms with Crippen molar-refractivity contribution in [2.75, 3.05) is 19.6 Å². The zero-order chi connectivity index (χ0) is 20.7. The van der Waals surface area contributed by atoms with Crippen LogP contribution < -0.4 is 10.6 Å². The Morgan fingerprint density at radius 3 is 2.50 bits per heavy atom. The average Bonchev–Trinajstić information content (AvgIpc) is 3.18. The molecular formula is C22H35IN6O. The molecule has 0 aliphatic carbocycles. The SMILES string of the molecule is CCNC(=NCc1noc(C(C)(C)C)n1)NC1CCN(Cc2ccccc2)CC1.I. The van der Waals surface area contributed by atoms with E-state index in [0.29, 0.717) is 24.3 Å². The van der Waals surface area contributed by atoms with Gasteiger partial charge in [-0.15, -0.1) is 24.0 Å². The quantitative estimate of drug-likeness (QED) is 0.340. The van der Waals surface area contributed by atoms with E-state index in [-0.39, 0.29) is 29.4 Å². The van der Waals surface area contributed by atoms with Gasteiger partial charge in [-0.2, -0.15) is 4.98 Å². The fourth-order valence-corrected chi connectivity index (χ4v) is 3.36. The summed E-state index contributed by atoms with van der Waals surface area (Å²) in [6.07, 6.45) is 2.21. The highest BCUT2D eigenvalue weighted by molar-refractivity contribution is 14.0. The second-order valence-electron chi connectivity index (χ2n) is 8.64. The lowest BCUT2D eigenvalue weighted by molar-refractivity contribution is 0.198. The van der Waals surface area contributed by atoms with E-state index >= 15 is 0 Å². The summed E-state index contributed by atoms with van der Waals surface area (Å²) in [4.78, 5) is 11.6. The molecule has 1 saturated heterocycles. The van der Waals surface area contributed by atoms with Crippen LogP contribution in [0, 0.1) is 0 Å². The Hall–Kier alpha value is -1.68. The Bertz CT molecular complexity index is 778. The second-order valence-corrected chi connectivity index (χ2v) is 8.64. The predicted octanol–water partition coefficient (Wildman–Crippen LogP) is 3.70. The van der Waals surface area contributed by atoms with Crippen LogP contribution in [0.5, 0.6) is 0 Å². The number of rotatable bonds is 6. The van der Waals surface area contributed by atoms with E-state index < -0.39 is 0 Å². The molecule has 7 nitrogen and oxygen atoms in total. The maximum absolute atomic E-state index is 5.36. The standard InChI is InChI=1S/C22H34N6O.HI/c1-5-23-21(24-15-19-26-20(29-27-19)22(2,3)4)25-18-11-13-28(14-12-18)16-17-9-7-6-8-10-17;/h6-10,18H,5,11-16H2,1-4H3,(H2,23,24,25);1H. The number of likely N-dealkylation sites (tertiary alicyclic amines) is 1. The highest BCUT2D eigenvalue weighted by atomic mass is 127. The lowest BCUT2D eigenvalue weighted by atomic mass is 9.97. The van der Waals surface area contributed by atoms with Gasteiger partial charge < -0.3 is 15.2 Å². The molecule has 1 fully saturated rings. The highest BCUT2D eigenvalue weighted by Gasteiger charge is 2.22. The van der Waals surface area contributed by atoms with Crippen LogP contribution in [0.15, 0.2) is 39.8 Å². The molecule has 3 rings (SSSR count). The number of benzene rings is 1. The first-order valence-corrected chi connectivity index (χ1v) is 10.6. The number of hydrogen-bond acceptors (Lipinski definition) is 5. The van der Waals surface area contributed by atoms with Crippen molar-refractivity contribution in [2.24, 2.45) is 4.99 Å². The van der Waals surface area contributed by atoms with Gasteiger partial charge in [-0.3, -0.25) is 4.90 Å². The number of halogens is 1. The molecule has 2 aromatic rings. The van der Waals surface area contributed by atoms with Gasteiger partial charge in [-0.05, 0) is 25.3 Å². The molecular weight excluding hydrogens is 491 g/mol. The van der Waals surface area contributed by atoms with Gasteiger partial charge in [0.25, 0.3) is 0 Å². The van der Waals surface area contributed by atoms with Crippen molar-refractivity contribution >= 4 is 29.9 Å². The fourth-order valence-electron chi connectivity index (χ4n) is 3.36. The number of guanidine groups is 1. The molecule has 0 atom stereocenters. The smallest absolute Gasteiger partial charge is 0.232 e. The van der Waals surface area contributed by atoms with Crippen molar-refractivity contribution in [2.45, 2.75) is 65.1 Å². The lowest BCUT2D eigenvalue weighted by Gasteiger charge is -2.33. The van der Waals surface area contributed by atoms with E-state index in [0.717, 1.165) is 45.0 Å². The molecule has 166 valence electrons. The van der Waals surface area contributed by atoms with E-state index in [2.05, 4.69) is 88.7 Å². The monoisotopic (exact) mass is 526 g/mol. The molecule has 0 radical (unpaired) electrons. The first kappa shape index (κ1) is 24.6. The van der Waals surface area contributed by atoms with Gasteiger partial charge in [0.05, 0.1) is 0 Å². The molecule has 1 aliphatic rings. The van der Waals surface area contributed by atoms with E-state index in [9.17, 15) is 0 Å². The maximum atomic E-state index is 5.36. The lowest BCUT2D eigenvalue weighted by Crippen LogP contribution is -2.48. The van der Waals surface area contributed by atoms with Crippen LogP contribution in [-0.4, -0.2) is 46.7 Å². The van der Waals surface area contributed by atoms with E-state index in [1.165, 1.54) is 5.56 Å². The summed E-state index contributed by atoms with van der Waals surface area (Å²) < 4.78 is 5.36. The van der Waals surface area contributed by atoms with Gasteiger partial charge in [0.15, 0.2) is 11.8 Å². The van der Waals surface area contributed by atoms with Gasteiger partial charge in [0.1, 0.15) is 6.54 Å². The van der Waals surface area contributed by atoms with Crippen LogP contribution in [0.4, 0.5) is 0 Å². The predicted molar refractivity (Wildman–Crippen MR) is 131 cm³/mol. The molecule has 0 unspecified atom stereocenters. The van der Waals surface area contributed by atoms with Crippen LogP contribution in [0.1, 0.15) is 57.8 Å². The molecule has 1 aliphatic heterocycles. The van der Waals surface area contributed by atoms with Gasteiger partial charge in [-0.1, -0.05) is 56.3 Å². The number of hydrogen-bond donors (Lipinski definition) is 2. The summed E-state index contributed by atoms with van der Waals surface area (Å²) in [5, 5.41) is 11.0. The molecule has 0 saturated carbocycles. The zero-order valence-electron chi connectivity index (χ0n) is 18.5. The first-order valence-electron chi connectivity index (χ1n) is 10.6. The van der Waals surface area contributed by atoms with E-state index in [4.69, 9.17) is 4.52 Å². The molecule has 1 aromatic heterocycles. The van der Waals surface area contributed by atoms with Crippen LogP contribution in [0.2, 0.25) is 0 Å². The van der Waals surface area contributed by atoms with Crippen LogP contribution >= 0.6 is 24.0 Å². The number of nitrogens with zero attached hydrogens (tertiary/aromatic N) is 4. The maximum Gasteiger partial charge on any atom is 0.232 e. The van der Waals surface area contributed by atoms with E-state index in [1.807, 2.05) is 0 Å². The normalized spacial score (nSPS) is 16.2. The molecule has 2 heterocycles. The van der Waals surface area contributed by atoms with Crippen molar-refractivity contribution in [3.8, 4) is 0 Å². The third kappa shape index (κ3) is 7.54. The number of aliphatic imine (C=N–C) groups is 1. The Balaban J connectivity index is 0.00000320.